The number of benzene rings is 1. The second-order valence-corrected chi connectivity index (χ2v) is 5.04. The number of carbonyl (C=O) groups is 1. The van der Waals surface area contributed by atoms with E-state index >= 15 is 0 Å². The lowest BCUT2D eigenvalue weighted by Gasteiger charge is -2.05. The van der Waals surface area contributed by atoms with Crippen molar-refractivity contribution in [3.05, 3.63) is 35.4 Å². The van der Waals surface area contributed by atoms with Gasteiger partial charge in [-0.15, -0.1) is 11.6 Å². The van der Waals surface area contributed by atoms with Crippen LogP contribution in [0.5, 0.6) is 0 Å². The molecule has 0 aliphatic rings. The van der Waals surface area contributed by atoms with Crippen LogP contribution in [0, 0.1) is 0 Å². The van der Waals surface area contributed by atoms with Crippen molar-refractivity contribution in [2.24, 2.45) is 0 Å². The quantitative estimate of drug-likeness (QED) is 0.609. The van der Waals surface area contributed by atoms with Crippen LogP contribution in [0.25, 0.3) is 0 Å². The molecular weight excluding hydrogens is 254 g/mol. The summed E-state index contributed by atoms with van der Waals surface area (Å²) in [6, 6.07) is 7.43. The Kier molecular flexibility index (Phi) is 7.13. The first kappa shape index (κ1) is 14.4. The van der Waals surface area contributed by atoms with Crippen LogP contribution in [0.4, 0.5) is 0 Å². The molecule has 1 rings (SSSR count). The fourth-order valence-corrected chi connectivity index (χ4v) is 2.13. The van der Waals surface area contributed by atoms with Gasteiger partial charge in [-0.05, 0) is 42.5 Å². The Labute approximate surface area is 112 Å². The van der Waals surface area contributed by atoms with E-state index in [2.05, 4.69) is 11.6 Å². The van der Waals surface area contributed by atoms with Crippen molar-refractivity contribution in [1.29, 1.82) is 0 Å². The summed E-state index contributed by atoms with van der Waals surface area (Å²) in [4.78, 5) is 11.8. The number of halogens is 1. The predicted octanol–water partition coefficient (Wildman–Crippen LogP) is 3.30. The maximum Gasteiger partial charge on any atom is 0.251 e. The van der Waals surface area contributed by atoms with Gasteiger partial charge >= 0.3 is 0 Å². The molecule has 0 fully saturated rings. The second kappa shape index (κ2) is 8.43. The van der Waals surface area contributed by atoms with E-state index in [4.69, 9.17) is 11.6 Å². The molecule has 0 saturated heterocycles. The summed E-state index contributed by atoms with van der Waals surface area (Å²) in [7, 11) is 0. The molecular formula is C13H18ClNOS. The molecule has 0 heterocycles. The van der Waals surface area contributed by atoms with Gasteiger partial charge in [0.1, 0.15) is 0 Å². The van der Waals surface area contributed by atoms with E-state index in [9.17, 15) is 4.79 Å². The molecule has 0 unspecified atom stereocenters. The van der Waals surface area contributed by atoms with Gasteiger partial charge in [0.15, 0.2) is 0 Å². The minimum atomic E-state index is -0.0129. The average molecular weight is 272 g/mol. The fourth-order valence-electron chi connectivity index (χ4n) is 1.47. The maximum absolute atomic E-state index is 11.8. The number of alkyl halides is 1. The monoisotopic (exact) mass is 271 g/mol. The molecule has 0 bridgehead atoms. The van der Waals surface area contributed by atoms with E-state index in [-0.39, 0.29) is 5.91 Å². The van der Waals surface area contributed by atoms with E-state index in [1.807, 2.05) is 36.0 Å². The highest BCUT2D eigenvalue weighted by molar-refractivity contribution is 7.98. The lowest BCUT2D eigenvalue weighted by atomic mass is 10.1. The summed E-state index contributed by atoms with van der Waals surface area (Å²) in [6.07, 6.45) is 4.27. The van der Waals surface area contributed by atoms with Gasteiger partial charge in [-0.3, -0.25) is 4.79 Å². The van der Waals surface area contributed by atoms with Gasteiger partial charge in [-0.1, -0.05) is 12.1 Å². The van der Waals surface area contributed by atoms with Gasteiger partial charge in [0.2, 0.25) is 0 Å². The molecule has 1 aromatic rings. The van der Waals surface area contributed by atoms with Crippen LogP contribution in [-0.2, 0) is 5.88 Å². The second-order valence-electron chi connectivity index (χ2n) is 3.79. The number of rotatable bonds is 7. The standard InChI is InChI=1S/C13H18ClNOS/c1-17-8-3-2-7-15-13(16)12-6-4-5-11(9-12)10-14/h4-6,9H,2-3,7-8,10H2,1H3,(H,15,16). The van der Waals surface area contributed by atoms with Crippen LogP contribution < -0.4 is 5.32 Å². The molecule has 0 aliphatic carbocycles. The lowest BCUT2D eigenvalue weighted by molar-refractivity contribution is 0.0953. The summed E-state index contributed by atoms with van der Waals surface area (Å²) in [5, 5.41) is 2.92. The molecule has 0 spiro atoms. The average Bonchev–Trinajstić information content (AvgIpc) is 2.38. The maximum atomic E-state index is 11.8. The summed E-state index contributed by atoms with van der Waals surface area (Å²) in [5.41, 5.74) is 1.66. The molecule has 0 aromatic heterocycles. The Morgan fingerprint density at radius 2 is 2.24 bits per heavy atom. The molecule has 0 atom stereocenters. The number of carbonyl (C=O) groups excluding carboxylic acids is 1. The summed E-state index contributed by atoms with van der Waals surface area (Å²) >= 11 is 7.57. The van der Waals surface area contributed by atoms with Crippen molar-refractivity contribution in [3.8, 4) is 0 Å². The highest BCUT2D eigenvalue weighted by Gasteiger charge is 2.04. The van der Waals surface area contributed by atoms with E-state index < -0.39 is 0 Å². The van der Waals surface area contributed by atoms with Gasteiger partial charge in [0, 0.05) is 18.0 Å². The zero-order valence-electron chi connectivity index (χ0n) is 10.0. The Bertz CT molecular complexity index is 357. The topological polar surface area (TPSA) is 29.1 Å². The van der Waals surface area contributed by atoms with E-state index in [1.165, 1.54) is 0 Å². The molecule has 0 aliphatic heterocycles. The smallest absolute Gasteiger partial charge is 0.251 e. The van der Waals surface area contributed by atoms with Crippen molar-refractivity contribution in [1.82, 2.24) is 5.32 Å². The molecule has 94 valence electrons. The molecule has 2 nitrogen and oxygen atoms in total. The van der Waals surface area contributed by atoms with E-state index in [0.717, 1.165) is 30.7 Å². The van der Waals surface area contributed by atoms with Gasteiger partial charge in [-0.2, -0.15) is 11.8 Å². The Hall–Kier alpha value is -0.670. The van der Waals surface area contributed by atoms with Crippen molar-refractivity contribution in [2.45, 2.75) is 18.7 Å². The van der Waals surface area contributed by atoms with Gasteiger partial charge in [-0.25, -0.2) is 0 Å². The first-order chi connectivity index (χ1) is 8.27. The number of amides is 1. The number of unbranched alkanes of at least 4 members (excludes halogenated alkanes) is 1. The van der Waals surface area contributed by atoms with E-state index in [1.54, 1.807) is 0 Å². The predicted molar refractivity (Wildman–Crippen MR) is 75.9 cm³/mol. The third kappa shape index (κ3) is 5.46. The first-order valence-electron chi connectivity index (χ1n) is 5.70. The molecule has 1 N–H and O–H groups in total. The Morgan fingerprint density at radius 3 is 2.94 bits per heavy atom. The number of thioether (sulfide) groups is 1. The molecule has 0 radical (unpaired) electrons. The van der Waals surface area contributed by atoms with Crippen LogP contribution >= 0.6 is 23.4 Å². The van der Waals surface area contributed by atoms with Gasteiger partial charge in [0.05, 0.1) is 0 Å². The largest absolute Gasteiger partial charge is 0.352 e. The van der Waals surface area contributed by atoms with Gasteiger partial charge < -0.3 is 5.32 Å². The SMILES string of the molecule is CSCCCCNC(=O)c1cccc(CCl)c1. The minimum Gasteiger partial charge on any atom is -0.352 e. The van der Waals surface area contributed by atoms with Crippen molar-refractivity contribution in [3.63, 3.8) is 0 Å². The molecule has 17 heavy (non-hydrogen) atoms. The normalized spacial score (nSPS) is 10.2. The van der Waals surface area contributed by atoms with Crippen LogP contribution in [0.2, 0.25) is 0 Å². The van der Waals surface area contributed by atoms with Crippen molar-refractivity contribution in [2.75, 3.05) is 18.6 Å². The zero-order chi connectivity index (χ0) is 12.5. The molecule has 1 amide bonds. The van der Waals surface area contributed by atoms with Crippen LogP contribution in [0.3, 0.4) is 0 Å². The minimum absolute atomic E-state index is 0.0129. The Morgan fingerprint density at radius 1 is 1.41 bits per heavy atom. The van der Waals surface area contributed by atoms with Crippen LogP contribution in [0.1, 0.15) is 28.8 Å². The number of hydrogen-bond donors (Lipinski definition) is 1. The Balaban J connectivity index is 2.36. The fraction of sp³-hybridized carbons (Fsp3) is 0.462. The van der Waals surface area contributed by atoms with Crippen LogP contribution in [-0.4, -0.2) is 24.5 Å². The van der Waals surface area contributed by atoms with Crippen molar-refractivity contribution >= 4 is 29.3 Å². The number of nitrogens with one attached hydrogen (secondary N) is 1. The highest BCUT2D eigenvalue weighted by Crippen LogP contribution is 2.07. The van der Waals surface area contributed by atoms with Gasteiger partial charge in [0.25, 0.3) is 5.91 Å². The van der Waals surface area contributed by atoms with Crippen LogP contribution in [0.15, 0.2) is 24.3 Å². The highest BCUT2D eigenvalue weighted by atomic mass is 35.5. The first-order valence-corrected chi connectivity index (χ1v) is 7.63. The number of hydrogen-bond acceptors (Lipinski definition) is 2. The summed E-state index contributed by atoms with van der Waals surface area (Å²) in [5.74, 6) is 1.58. The zero-order valence-corrected chi connectivity index (χ0v) is 11.6. The molecule has 4 heteroatoms. The lowest BCUT2D eigenvalue weighted by Crippen LogP contribution is -2.24. The summed E-state index contributed by atoms with van der Waals surface area (Å²) < 4.78 is 0. The van der Waals surface area contributed by atoms with Crippen molar-refractivity contribution < 1.29 is 4.79 Å². The molecule has 1 aromatic carbocycles. The third-order valence-corrected chi connectivity index (χ3v) is 3.41. The third-order valence-electron chi connectivity index (χ3n) is 2.40. The summed E-state index contributed by atoms with van der Waals surface area (Å²) in [6.45, 7) is 0.741. The molecule has 0 saturated carbocycles. The van der Waals surface area contributed by atoms with E-state index in [0.29, 0.717) is 11.4 Å².